The molecule has 0 spiro atoms. The maximum atomic E-state index is 13.5. The van der Waals surface area contributed by atoms with E-state index in [2.05, 4.69) is 15.6 Å². The van der Waals surface area contributed by atoms with Crippen molar-refractivity contribution in [3.8, 4) is 0 Å². The number of likely N-dealkylation sites (tertiary alicyclic amines) is 1. The van der Waals surface area contributed by atoms with Gasteiger partial charge in [-0.1, -0.05) is 25.1 Å². The summed E-state index contributed by atoms with van der Waals surface area (Å²) in [6, 6.07) is 7.12. The molecule has 0 bridgehead atoms. The van der Waals surface area contributed by atoms with E-state index in [1.165, 1.54) is 6.07 Å². The number of thioether (sulfide) groups is 1. The first kappa shape index (κ1) is 19.6. The van der Waals surface area contributed by atoms with Crippen molar-refractivity contribution in [2.75, 3.05) is 32.4 Å². The van der Waals surface area contributed by atoms with Gasteiger partial charge in [0.2, 0.25) is 5.91 Å². The zero-order valence-corrected chi connectivity index (χ0v) is 15.7. The molecule has 0 radical (unpaired) electrons. The topological polar surface area (TPSA) is 56.7 Å². The number of carbonyl (C=O) groups is 1. The van der Waals surface area contributed by atoms with Crippen LogP contribution < -0.4 is 10.6 Å². The third-order valence-corrected chi connectivity index (χ3v) is 5.17. The smallest absolute Gasteiger partial charge is 0.222 e. The second-order valence-corrected chi connectivity index (χ2v) is 7.07. The van der Waals surface area contributed by atoms with E-state index < -0.39 is 0 Å². The summed E-state index contributed by atoms with van der Waals surface area (Å²) in [5.74, 6) is 2.34. The number of amides is 1. The zero-order valence-electron chi connectivity index (χ0n) is 14.9. The lowest BCUT2D eigenvalue weighted by atomic mass is 10.2. The number of aliphatic imine (C=N–C) groups is 1. The number of nitrogens with one attached hydrogen (secondary N) is 2. The monoisotopic (exact) mass is 366 g/mol. The van der Waals surface area contributed by atoms with E-state index in [0.29, 0.717) is 12.2 Å². The molecule has 0 saturated carbocycles. The normalized spacial score (nSPS) is 17.6. The van der Waals surface area contributed by atoms with Gasteiger partial charge in [0.1, 0.15) is 5.82 Å². The fourth-order valence-corrected chi connectivity index (χ4v) is 3.60. The Labute approximate surface area is 153 Å². The number of guanidine groups is 1. The second-order valence-electron chi connectivity index (χ2n) is 5.97. The fraction of sp³-hybridized carbons (Fsp3) is 0.556. The van der Waals surface area contributed by atoms with Gasteiger partial charge in [0.25, 0.3) is 0 Å². The van der Waals surface area contributed by atoms with Crippen molar-refractivity contribution in [2.24, 2.45) is 4.99 Å². The Kier molecular flexibility index (Phi) is 8.04. The second kappa shape index (κ2) is 10.3. The standard InChI is InChI=1S/C18H27FN4OS/c1-3-17(24)23-10-8-15(12-23)22-18(20-2)21-9-11-25-13-14-6-4-5-7-16(14)19/h4-7,15H,3,8-13H2,1-2H3,(H2,20,21,22). The molecule has 1 heterocycles. The van der Waals surface area contributed by atoms with Crippen LogP contribution in [0.4, 0.5) is 4.39 Å². The van der Waals surface area contributed by atoms with Crippen LogP contribution in [0.15, 0.2) is 29.3 Å². The number of nitrogens with zero attached hydrogens (tertiary/aromatic N) is 2. The van der Waals surface area contributed by atoms with Gasteiger partial charge in [0, 0.05) is 50.7 Å². The quantitative estimate of drug-likeness (QED) is 0.441. The summed E-state index contributed by atoms with van der Waals surface area (Å²) >= 11 is 1.68. The molecule has 7 heteroatoms. The summed E-state index contributed by atoms with van der Waals surface area (Å²) in [6.07, 6.45) is 1.49. The fourth-order valence-electron chi connectivity index (χ4n) is 2.76. The molecule has 1 aromatic rings. The van der Waals surface area contributed by atoms with Gasteiger partial charge in [-0.3, -0.25) is 9.79 Å². The maximum absolute atomic E-state index is 13.5. The summed E-state index contributed by atoms with van der Waals surface area (Å²) in [4.78, 5) is 17.9. The average molecular weight is 367 g/mol. The molecule has 138 valence electrons. The van der Waals surface area contributed by atoms with Crippen LogP contribution in [0.25, 0.3) is 0 Å². The minimum Gasteiger partial charge on any atom is -0.356 e. The Balaban J connectivity index is 1.64. The molecule has 1 fully saturated rings. The summed E-state index contributed by atoms with van der Waals surface area (Å²) in [6.45, 7) is 4.18. The lowest BCUT2D eigenvalue weighted by Gasteiger charge is -2.18. The number of carbonyl (C=O) groups excluding carboxylic acids is 1. The molecular formula is C18H27FN4OS. The Morgan fingerprint density at radius 1 is 1.44 bits per heavy atom. The molecule has 0 aliphatic carbocycles. The van der Waals surface area contributed by atoms with Crippen LogP contribution in [-0.4, -0.2) is 55.2 Å². The van der Waals surface area contributed by atoms with E-state index in [4.69, 9.17) is 0 Å². The van der Waals surface area contributed by atoms with E-state index in [-0.39, 0.29) is 17.8 Å². The number of rotatable bonds is 7. The van der Waals surface area contributed by atoms with Gasteiger partial charge >= 0.3 is 0 Å². The summed E-state index contributed by atoms with van der Waals surface area (Å²) in [7, 11) is 1.74. The SMILES string of the molecule is CCC(=O)N1CCC(NC(=NC)NCCSCc2ccccc2F)C1. The number of halogens is 1. The van der Waals surface area contributed by atoms with Gasteiger partial charge in [-0.15, -0.1) is 0 Å². The van der Waals surface area contributed by atoms with Crippen molar-refractivity contribution < 1.29 is 9.18 Å². The Hall–Kier alpha value is -1.76. The third kappa shape index (κ3) is 6.23. The number of hydrogen-bond acceptors (Lipinski definition) is 3. The number of benzene rings is 1. The van der Waals surface area contributed by atoms with Crippen LogP contribution in [0.5, 0.6) is 0 Å². The highest BCUT2D eigenvalue weighted by Crippen LogP contribution is 2.14. The highest BCUT2D eigenvalue weighted by Gasteiger charge is 2.25. The first-order valence-corrected chi connectivity index (χ1v) is 9.85. The van der Waals surface area contributed by atoms with E-state index in [1.54, 1.807) is 24.9 Å². The van der Waals surface area contributed by atoms with Gasteiger partial charge in [0.05, 0.1) is 0 Å². The van der Waals surface area contributed by atoms with E-state index in [1.807, 2.05) is 24.0 Å². The van der Waals surface area contributed by atoms with Crippen LogP contribution in [0.2, 0.25) is 0 Å². The van der Waals surface area contributed by atoms with Crippen molar-refractivity contribution in [1.82, 2.24) is 15.5 Å². The van der Waals surface area contributed by atoms with Crippen LogP contribution in [0.1, 0.15) is 25.3 Å². The van der Waals surface area contributed by atoms with Crippen LogP contribution in [-0.2, 0) is 10.5 Å². The lowest BCUT2D eigenvalue weighted by Crippen LogP contribution is -2.45. The van der Waals surface area contributed by atoms with Gasteiger partial charge < -0.3 is 15.5 Å². The Morgan fingerprint density at radius 3 is 2.96 bits per heavy atom. The molecule has 2 rings (SSSR count). The average Bonchev–Trinajstić information content (AvgIpc) is 3.09. The van der Waals surface area contributed by atoms with E-state index in [0.717, 1.165) is 43.3 Å². The highest BCUT2D eigenvalue weighted by molar-refractivity contribution is 7.98. The number of hydrogen-bond donors (Lipinski definition) is 2. The van der Waals surface area contributed by atoms with Crippen molar-refractivity contribution in [2.45, 2.75) is 31.6 Å². The molecule has 25 heavy (non-hydrogen) atoms. The summed E-state index contributed by atoms with van der Waals surface area (Å²) in [5, 5.41) is 6.64. The van der Waals surface area contributed by atoms with Crippen LogP contribution >= 0.6 is 11.8 Å². The van der Waals surface area contributed by atoms with E-state index in [9.17, 15) is 9.18 Å². The molecule has 1 aliphatic heterocycles. The molecule has 1 atom stereocenters. The molecule has 1 amide bonds. The Morgan fingerprint density at radius 2 is 2.24 bits per heavy atom. The molecule has 1 aromatic carbocycles. The molecule has 2 N–H and O–H groups in total. The zero-order chi connectivity index (χ0) is 18.1. The van der Waals surface area contributed by atoms with Crippen LogP contribution in [0.3, 0.4) is 0 Å². The molecule has 1 unspecified atom stereocenters. The highest BCUT2D eigenvalue weighted by atomic mass is 32.2. The lowest BCUT2D eigenvalue weighted by molar-refractivity contribution is -0.129. The predicted molar refractivity (Wildman–Crippen MR) is 102 cm³/mol. The molecule has 0 aromatic heterocycles. The van der Waals surface area contributed by atoms with Crippen molar-refractivity contribution >= 4 is 23.6 Å². The Bertz CT molecular complexity index is 596. The van der Waals surface area contributed by atoms with Gasteiger partial charge in [-0.05, 0) is 18.1 Å². The maximum Gasteiger partial charge on any atom is 0.222 e. The van der Waals surface area contributed by atoms with Crippen molar-refractivity contribution in [3.05, 3.63) is 35.6 Å². The minimum atomic E-state index is -0.146. The largest absolute Gasteiger partial charge is 0.356 e. The molecular weight excluding hydrogens is 339 g/mol. The summed E-state index contributed by atoms with van der Waals surface area (Å²) < 4.78 is 13.5. The van der Waals surface area contributed by atoms with Gasteiger partial charge in [-0.25, -0.2) is 4.39 Å². The van der Waals surface area contributed by atoms with Crippen molar-refractivity contribution in [3.63, 3.8) is 0 Å². The third-order valence-electron chi connectivity index (χ3n) is 4.16. The van der Waals surface area contributed by atoms with E-state index >= 15 is 0 Å². The first-order valence-electron chi connectivity index (χ1n) is 8.70. The van der Waals surface area contributed by atoms with Gasteiger partial charge in [0.15, 0.2) is 5.96 Å². The first-order chi connectivity index (χ1) is 12.1. The molecule has 1 aliphatic rings. The van der Waals surface area contributed by atoms with Gasteiger partial charge in [-0.2, -0.15) is 11.8 Å². The summed E-state index contributed by atoms with van der Waals surface area (Å²) in [5.41, 5.74) is 0.738. The van der Waals surface area contributed by atoms with Crippen LogP contribution in [0, 0.1) is 5.82 Å². The molecule has 5 nitrogen and oxygen atoms in total. The molecule has 1 saturated heterocycles. The predicted octanol–water partition coefficient (Wildman–Crippen LogP) is 2.23. The van der Waals surface area contributed by atoms with Crippen molar-refractivity contribution in [1.29, 1.82) is 0 Å². The minimum absolute atomic E-state index is 0.146.